The van der Waals surface area contributed by atoms with Crippen molar-refractivity contribution in [3.63, 3.8) is 0 Å². The molecule has 0 saturated carbocycles. The summed E-state index contributed by atoms with van der Waals surface area (Å²) < 4.78 is 24.7. The van der Waals surface area contributed by atoms with Gasteiger partial charge in [-0.15, -0.1) is 0 Å². The molecule has 0 unspecified atom stereocenters. The molecule has 1 amide bonds. The highest BCUT2D eigenvalue weighted by atomic mass is 32.2. The number of nitrogens with zero attached hydrogens (tertiary/aromatic N) is 1. The van der Waals surface area contributed by atoms with Gasteiger partial charge in [0.05, 0.1) is 11.8 Å². The van der Waals surface area contributed by atoms with E-state index >= 15 is 0 Å². The number of nitrogens with one attached hydrogen (secondary N) is 2. The fourth-order valence-electron chi connectivity index (χ4n) is 2.20. The van der Waals surface area contributed by atoms with E-state index in [-0.39, 0.29) is 17.5 Å². The molecule has 1 aliphatic heterocycles. The van der Waals surface area contributed by atoms with Crippen LogP contribution in [-0.2, 0) is 10.8 Å². The van der Waals surface area contributed by atoms with Crippen LogP contribution in [0.25, 0.3) is 0 Å². The zero-order valence-electron chi connectivity index (χ0n) is 12.0. The molecule has 1 aromatic heterocycles. The molecule has 0 aromatic carbocycles. The van der Waals surface area contributed by atoms with Crippen molar-refractivity contribution < 1.29 is 13.4 Å². The molecule has 0 spiro atoms. The Labute approximate surface area is 126 Å². The van der Waals surface area contributed by atoms with Gasteiger partial charge in [-0.1, -0.05) is 6.92 Å². The Hall–Kier alpha value is -1.50. The molecule has 0 bridgehead atoms. The van der Waals surface area contributed by atoms with E-state index in [1.54, 1.807) is 0 Å². The summed E-state index contributed by atoms with van der Waals surface area (Å²) in [7, 11) is -0.769. The number of carbonyl (C=O) groups is 1. The van der Waals surface area contributed by atoms with Gasteiger partial charge in [-0.2, -0.15) is 0 Å². The molecule has 7 heteroatoms. The summed E-state index contributed by atoms with van der Waals surface area (Å²) in [6.45, 7) is 2.67. The molecule has 1 fully saturated rings. The van der Waals surface area contributed by atoms with Gasteiger partial charge in [0.15, 0.2) is 0 Å². The van der Waals surface area contributed by atoms with E-state index in [1.807, 2.05) is 6.92 Å². The highest BCUT2D eigenvalue weighted by molar-refractivity contribution is 7.85. The third-order valence-corrected chi connectivity index (χ3v) is 4.75. The minimum absolute atomic E-state index is 0.00232. The van der Waals surface area contributed by atoms with Crippen molar-refractivity contribution in [2.24, 2.45) is 0 Å². The summed E-state index contributed by atoms with van der Waals surface area (Å²) in [6.07, 6.45) is 3.37. The van der Waals surface area contributed by atoms with Gasteiger partial charge >= 0.3 is 0 Å². The maximum atomic E-state index is 13.3. The first kappa shape index (κ1) is 15.9. The summed E-state index contributed by atoms with van der Waals surface area (Å²) in [5.41, 5.74) is 0.218. The Balaban J connectivity index is 2.06. The first-order valence-corrected chi connectivity index (χ1v) is 8.64. The quantitative estimate of drug-likeness (QED) is 0.868. The van der Waals surface area contributed by atoms with Crippen LogP contribution in [0.5, 0.6) is 0 Å². The van der Waals surface area contributed by atoms with Gasteiger partial charge in [0.25, 0.3) is 5.91 Å². The summed E-state index contributed by atoms with van der Waals surface area (Å²) in [4.78, 5) is 16.2. The molecule has 1 aliphatic rings. The Bertz CT molecular complexity index is 529. The number of amides is 1. The highest BCUT2D eigenvalue weighted by Crippen LogP contribution is 2.16. The molecule has 2 N–H and O–H groups in total. The van der Waals surface area contributed by atoms with Crippen LogP contribution in [0.15, 0.2) is 12.3 Å². The molecule has 2 rings (SSSR count). The Morgan fingerprint density at radius 2 is 2.19 bits per heavy atom. The Kier molecular flexibility index (Phi) is 5.67. The minimum atomic E-state index is -0.769. The van der Waals surface area contributed by atoms with Crippen LogP contribution in [0.4, 0.5) is 10.2 Å². The van der Waals surface area contributed by atoms with Crippen molar-refractivity contribution in [3.05, 3.63) is 23.6 Å². The standard InChI is InChI=1S/C14H20FN3O2S/c1-2-5-16-13-12(8-10(15)9-17-13)14(19)18-11-3-6-21(20)7-4-11/h8-9,11H,2-7H2,1H3,(H,16,17)(H,18,19). The molecule has 0 atom stereocenters. The Morgan fingerprint density at radius 3 is 2.86 bits per heavy atom. The first-order chi connectivity index (χ1) is 10.1. The van der Waals surface area contributed by atoms with E-state index in [9.17, 15) is 13.4 Å². The van der Waals surface area contributed by atoms with Gasteiger partial charge in [-0.3, -0.25) is 9.00 Å². The van der Waals surface area contributed by atoms with Gasteiger partial charge < -0.3 is 10.6 Å². The van der Waals surface area contributed by atoms with Crippen LogP contribution < -0.4 is 10.6 Å². The van der Waals surface area contributed by atoms with Crippen molar-refractivity contribution in [1.82, 2.24) is 10.3 Å². The van der Waals surface area contributed by atoms with Crippen molar-refractivity contribution >= 4 is 22.5 Å². The minimum Gasteiger partial charge on any atom is -0.369 e. The molecule has 1 saturated heterocycles. The molecule has 0 aliphatic carbocycles. The average molecular weight is 313 g/mol. The van der Waals surface area contributed by atoms with E-state index in [2.05, 4.69) is 15.6 Å². The van der Waals surface area contributed by atoms with Gasteiger partial charge in [0, 0.05) is 34.9 Å². The van der Waals surface area contributed by atoms with Crippen molar-refractivity contribution in [1.29, 1.82) is 0 Å². The lowest BCUT2D eigenvalue weighted by atomic mass is 10.1. The molecular formula is C14H20FN3O2S. The molecule has 2 heterocycles. The number of pyridine rings is 1. The van der Waals surface area contributed by atoms with E-state index in [1.165, 1.54) is 6.07 Å². The van der Waals surface area contributed by atoms with Crippen molar-refractivity contribution in [2.45, 2.75) is 32.2 Å². The fourth-order valence-corrected chi connectivity index (χ4v) is 3.50. The van der Waals surface area contributed by atoms with Crippen LogP contribution in [0.3, 0.4) is 0 Å². The zero-order chi connectivity index (χ0) is 15.2. The van der Waals surface area contributed by atoms with E-state index in [0.29, 0.717) is 36.7 Å². The predicted octanol–water partition coefficient (Wildman–Crippen LogP) is 1.68. The molecule has 21 heavy (non-hydrogen) atoms. The van der Waals surface area contributed by atoms with E-state index in [0.717, 1.165) is 12.6 Å². The van der Waals surface area contributed by atoms with Crippen molar-refractivity contribution in [2.75, 3.05) is 23.4 Å². The van der Waals surface area contributed by atoms with Crippen LogP contribution >= 0.6 is 0 Å². The summed E-state index contributed by atoms with van der Waals surface area (Å²) in [6, 6.07) is 1.19. The topological polar surface area (TPSA) is 71.1 Å². The second kappa shape index (κ2) is 7.49. The molecule has 116 valence electrons. The number of anilines is 1. The molecule has 5 nitrogen and oxygen atoms in total. The lowest BCUT2D eigenvalue weighted by Crippen LogP contribution is -2.39. The lowest BCUT2D eigenvalue weighted by Gasteiger charge is -2.23. The zero-order valence-corrected chi connectivity index (χ0v) is 12.8. The van der Waals surface area contributed by atoms with Gasteiger partial charge in [0.2, 0.25) is 0 Å². The summed E-state index contributed by atoms with van der Waals surface area (Å²) >= 11 is 0. The maximum Gasteiger partial charge on any atom is 0.255 e. The van der Waals surface area contributed by atoms with E-state index < -0.39 is 16.6 Å². The largest absolute Gasteiger partial charge is 0.369 e. The number of halogens is 1. The average Bonchev–Trinajstić information content (AvgIpc) is 2.48. The number of hydrogen-bond acceptors (Lipinski definition) is 4. The monoisotopic (exact) mass is 313 g/mol. The van der Waals surface area contributed by atoms with Gasteiger partial charge in [0.1, 0.15) is 11.6 Å². The number of hydrogen-bond donors (Lipinski definition) is 2. The second-order valence-corrected chi connectivity index (χ2v) is 6.77. The van der Waals surface area contributed by atoms with Crippen LogP contribution in [0, 0.1) is 5.82 Å². The lowest BCUT2D eigenvalue weighted by molar-refractivity contribution is 0.0934. The normalized spacial score (nSPS) is 21.8. The van der Waals surface area contributed by atoms with Crippen LogP contribution in [0.1, 0.15) is 36.5 Å². The van der Waals surface area contributed by atoms with Crippen LogP contribution in [-0.4, -0.2) is 39.2 Å². The number of aromatic nitrogens is 1. The SMILES string of the molecule is CCCNc1ncc(F)cc1C(=O)NC1CCS(=O)CC1. The number of rotatable bonds is 5. The predicted molar refractivity (Wildman–Crippen MR) is 81.3 cm³/mol. The summed E-state index contributed by atoms with van der Waals surface area (Å²) in [5, 5.41) is 5.91. The van der Waals surface area contributed by atoms with Gasteiger partial charge in [-0.05, 0) is 25.3 Å². The summed E-state index contributed by atoms with van der Waals surface area (Å²) in [5.74, 6) is 0.737. The first-order valence-electron chi connectivity index (χ1n) is 7.15. The fraction of sp³-hybridized carbons (Fsp3) is 0.571. The molecule has 0 radical (unpaired) electrons. The van der Waals surface area contributed by atoms with Crippen molar-refractivity contribution in [3.8, 4) is 0 Å². The highest BCUT2D eigenvalue weighted by Gasteiger charge is 2.22. The van der Waals surface area contributed by atoms with Crippen LogP contribution in [0.2, 0.25) is 0 Å². The Morgan fingerprint density at radius 1 is 1.48 bits per heavy atom. The third-order valence-electron chi connectivity index (χ3n) is 3.36. The molecular weight excluding hydrogens is 293 g/mol. The second-order valence-electron chi connectivity index (χ2n) is 5.07. The smallest absolute Gasteiger partial charge is 0.255 e. The maximum absolute atomic E-state index is 13.3. The third kappa shape index (κ3) is 4.49. The molecule has 1 aromatic rings. The van der Waals surface area contributed by atoms with Gasteiger partial charge in [-0.25, -0.2) is 9.37 Å². The van der Waals surface area contributed by atoms with E-state index in [4.69, 9.17) is 0 Å². The number of carbonyl (C=O) groups excluding carboxylic acids is 1.